The molecule has 0 aromatic carbocycles. The summed E-state index contributed by atoms with van der Waals surface area (Å²) in [5.41, 5.74) is -1.50. The van der Waals surface area contributed by atoms with Gasteiger partial charge in [0.05, 0.1) is 6.61 Å². The van der Waals surface area contributed by atoms with E-state index in [4.69, 9.17) is 9.47 Å². The summed E-state index contributed by atoms with van der Waals surface area (Å²) in [5, 5.41) is 3.28. The van der Waals surface area contributed by atoms with Crippen molar-refractivity contribution < 1.29 is 19.1 Å². The first-order valence-corrected chi connectivity index (χ1v) is 7.11. The zero-order valence-corrected chi connectivity index (χ0v) is 12.8. The Bertz CT molecular complexity index is 339. The summed E-state index contributed by atoms with van der Waals surface area (Å²) in [6.45, 7) is 7.37. The fourth-order valence-electron chi connectivity index (χ4n) is 1.72. The summed E-state index contributed by atoms with van der Waals surface area (Å²) in [6.07, 6.45) is -0.00457. The Morgan fingerprint density at radius 1 is 1.44 bits per heavy atom. The zero-order valence-electron chi connectivity index (χ0n) is 11.2. The van der Waals surface area contributed by atoms with Gasteiger partial charge < -0.3 is 14.8 Å². The van der Waals surface area contributed by atoms with Crippen LogP contribution < -0.4 is 5.32 Å². The maximum atomic E-state index is 11.9. The van der Waals surface area contributed by atoms with E-state index in [1.165, 1.54) is 0 Å². The molecule has 1 rings (SSSR count). The molecule has 0 bridgehead atoms. The van der Waals surface area contributed by atoms with Crippen LogP contribution in [0.1, 0.15) is 34.1 Å². The van der Waals surface area contributed by atoms with Crippen molar-refractivity contribution >= 4 is 28.0 Å². The Kier molecular flexibility index (Phi) is 4.64. The number of carbonyl (C=O) groups is 2. The van der Waals surface area contributed by atoms with Gasteiger partial charge in [0, 0.05) is 11.2 Å². The zero-order chi connectivity index (χ0) is 14.0. The van der Waals surface area contributed by atoms with E-state index in [1.54, 1.807) is 27.7 Å². The quantitative estimate of drug-likeness (QED) is 0.637. The first-order valence-electron chi connectivity index (χ1n) is 5.99. The molecule has 104 valence electrons. The summed E-state index contributed by atoms with van der Waals surface area (Å²) in [6, 6.07) is 0. The lowest BCUT2D eigenvalue weighted by Crippen LogP contribution is -2.48. The predicted molar refractivity (Wildman–Crippen MR) is 70.6 cm³/mol. The third-order valence-corrected chi connectivity index (χ3v) is 3.44. The molecule has 1 saturated carbocycles. The lowest BCUT2D eigenvalue weighted by Gasteiger charge is -2.23. The van der Waals surface area contributed by atoms with E-state index in [-0.39, 0.29) is 11.9 Å². The predicted octanol–water partition coefficient (Wildman–Crippen LogP) is 2.23. The van der Waals surface area contributed by atoms with Crippen molar-refractivity contribution in [3.05, 3.63) is 0 Å². The number of halogens is 1. The van der Waals surface area contributed by atoms with Gasteiger partial charge in [-0.15, -0.1) is 0 Å². The van der Waals surface area contributed by atoms with Crippen LogP contribution in [0.4, 0.5) is 4.79 Å². The maximum Gasteiger partial charge on any atom is 0.408 e. The van der Waals surface area contributed by atoms with Gasteiger partial charge in [-0.05, 0) is 34.1 Å². The second-order valence-electron chi connectivity index (χ2n) is 5.37. The van der Waals surface area contributed by atoms with E-state index in [0.29, 0.717) is 18.4 Å². The van der Waals surface area contributed by atoms with E-state index in [0.717, 1.165) is 0 Å². The van der Waals surface area contributed by atoms with Crippen molar-refractivity contribution in [2.45, 2.75) is 45.3 Å². The Morgan fingerprint density at radius 2 is 2.06 bits per heavy atom. The molecule has 0 spiro atoms. The fraction of sp³-hybridized carbons (Fsp3) is 0.833. The van der Waals surface area contributed by atoms with Gasteiger partial charge in [-0.1, -0.05) is 15.9 Å². The molecule has 6 heteroatoms. The van der Waals surface area contributed by atoms with Crippen molar-refractivity contribution in [3.63, 3.8) is 0 Å². The number of hydrogen-bond donors (Lipinski definition) is 1. The van der Waals surface area contributed by atoms with Gasteiger partial charge in [-0.3, -0.25) is 0 Å². The maximum absolute atomic E-state index is 11.9. The van der Waals surface area contributed by atoms with Crippen LogP contribution in [-0.2, 0) is 14.3 Å². The van der Waals surface area contributed by atoms with E-state index in [2.05, 4.69) is 21.2 Å². The molecule has 1 aliphatic carbocycles. The highest BCUT2D eigenvalue weighted by Crippen LogP contribution is 2.45. The number of alkyl carbamates (subject to hydrolysis) is 1. The molecular formula is C12H20BrNO4. The van der Waals surface area contributed by atoms with Crippen molar-refractivity contribution in [1.82, 2.24) is 5.32 Å². The second kappa shape index (κ2) is 5.47. The monoisotopic (exact) mass is 321 g/mol. The Morgan fingerprint density at radius 3 is 2.44 bits per heavy atom. The first-order chi connectivity index (χ1) is 8.25. The van der Waals surface area contributed by atoms with Crippen LogP contribution in [0.15, 0.2) is 0 Å². The molecule has 0 aromatic rings. The lowest BCUT2D eigenvalue weighted by atomic mass is 10.2. The number of nitrogens with one attached hydrogen (secondary N) is 1. The van der Waals surface area contributed by atoms with Gasteiger partial charge in [0.15, 0.2) is 0 Å². The van der Waals surface area contributed by atoms with E-state index < -0.39 is 17.2 Å². The van der Waals surface area contributed by atoms with Gasteiger partial charge in [0.2, 0.25) is 0 Å². The Hall–Kier alpha value is -0.780. The van der Waals surface area contributed by atoms with Gasteiger partial charge in [-0.2, -0.15) is 0 Å². The highest BCUT2D eigenvalue weighted by Gasteiger charge is 2.62. The number of amides is 1. The molecular weight excluding hydrogens is 302 g/mol. The molecule has 0 aliphatic heterocycles. The number of rotatable bonds is 4. The Balaban J connectivity index is 2.65. The molecule has 1 aliphatic rings. The summed E-state index contributed by atoms with van der Waals surface area (Å²) >= 11 is 3.32. The summed E-state index contributed by atoms with van der Waals surface area (Å²) in [4.78, 5) is 23.6. The molecule has 0 aromatic heterocycles. The molecule has 5 nitrogen and oxygen atoms in total. The van der Waals surface area contributed by atoms with Crippen LogP contribution in [0.25, 0.3) is 0 Å². The molecule has 1 fully saturated rings. The lowest BCUT2D eigenvalue weighted by molar-refractivity contribution is -0.147. The largest absolute Gasteiger partial charge is 0.464 e. The number of alkyl halides is 1. The van der Waals surface area contributed by atoms with Crippen molar-refractivity contribution in [2.75, 3.05) is 11.9 Å². The molecule has 2 atom stereocenters. The van der Waals surface area contributed by atoms with Gasteiger partial charge in [-0.25, -0.2) is 9.59 Å². The highest BCUT2D eigenvalue weighted by molar-refractivity contribution is 9.09. The van der Waals surface area contributed by atoms with Crippen LogP contribution in [0.2, 0.25) is 0 Å². The van der Waals surface area contributed by atoms with Crippen molar-refractivity contribution in [3.8, 4) is 0 Å². The number of esters is 1. The third kappa shape index (κ3) is 3.60. The van der Waals surface area contributed by atoms with Gasteiger partial charge in [0.1, 0.15) is 11.1 Å². The standard InChI is InChI=1S/C12H20BrNO4/c1-5-17-9(15)12(6-8(12)7-13)14-10(16)18-11(2,3)4/h8H,5-7H2,1-4H3,(H,14,16)/t8-,12+/m0/s1. The van der Waals surface area contributed by atoms with E-state index in [1.807, 2.05) is 0 Å². The normalized spacial score (nSPS) is 26.4. The number of ether oxygens (including phenoxy) is 2. The summed E-state index contributed by atoms with van der Waals surface area (Å²) < 4.78 is 10.2. The van der Waals surface area contributed by atoms with E-state index >= 15 is 0 Å². The van der Waals surface area contributed by atoms with Gasteiger partial charge in [0.25, 0.3) is 0 Å². The molecule has 18 heavy (non-hydrogen) atoms. The second-order valence-corrected chi connectivity index (χ2v) is 6.02. The third-order valence-electron chi connectivity index (χ3n) is 2.66. The molecule has 1 amide bonds. The van der Waals surface area contributed by atoms with Crippen molar-refractivity contribution in [2.24, 2.45) is 5.92 Å². The SMILES string of the molecule is CCOC(=O)[C@@]1(NC(=O)OC(C)(C)C)C[C@H]1CBr. The van der Waals surface area contributed by atoms with E-state index in [9.17, 15) is 9.59 Å². The first kappa shape index (κ1) is 15.3. The molecule has 0 radical (unpaired) electrons. The van der Waals surface area contributed by atoms with Crippen LogP contribution in [0.5, 0.6) is 0 Å². The topological polar surface area (TPSA) is 64.6 Å². The minimum atomic E-state index is -0.915. The van der Waals surface area contributed by atoms with Crippen LogP contribution in [0, 0.1) is 5.92 Å². The smallest absolute Gasteiger partial charge is 0.408 e. The summed E-state index contributed by atoms with van der Waals surface area (Å²) in [5.74, 6) is -0.329. The number of hydrogen-bond acceptors (Lipinski definition) is 4. The molecule has 0 unspecified atom stereocenters. The average molecular weight is 322 g/mol. The molecule has 1 N–H and O–H groups in total. The van der Waals surface area contributed by atoms with Crippen LogP contribution in [0.3, 0.4) is 0 Å². The van der Waals surface area contributed by atoms with Crippen molar-refractivity contribution in [1.29, 1.82) is 0 Å². The van der Waals surface area contributed by atoms with Crippen LogP contribution >= 0.6 is 15.9 Å². The molecule has 0 saturated heterocycles. The average Bonchev–Trinajstić information content (AvgIpc) is 2.90. The molecule has 0 heterocycles. The Labute approximate surface area is 116 Å². The minimum Gasteiger partial charge on any atom is -0.464 e. The minimum absolute atomic E-state index is 0.0593. The van der Waals surface area contributed by atoms with Gasteiger partial charge >= 0.3 is 12.1 Å². The van der Waals surface area contributed by atoms with Crippen LogP contribution in [-0.4, -0.2) is 35.1 Å². The highest BCUT2D eigenvalue weighted by atomic mass is 79.9. The summed E-state index contributed by atoms with van der Waals surface area (Å²) in [7, 11) is 0. The number of carbonyl (C=O) groups excluding carboxylic acids is 2. The fourth-order valence-corrected chi connectivity index (χ4v) is 2.50.